The van der Waals surface area contributed by atoms with Gasteiger partial charge in [0.15, 0.2) is 9.84 Å². The van der Waals surface area contributed by atoms with Gasteiger partial charge >= 0.3 is 0 Å². The zero-order chi connectivity index (χ0) is 18.7. The third-order valence-corrected chi connectivity index (χ3v) is 5.97. The number of anilines is 1. The number of benzene rings is 1. The minimum absolute atomic E-state index is 0.0496. The Balaban J connectivity index is 1.75. The predicted octanol–water partition coefficient (Wildman–Crippen LogP) is 2.21. The highest BCUT2D eigenvalue weighted by Crippen LogP contribution is 2.27. The van der Waals surface area contributed by atoms with Crippen LogP contribution in [0, 0.1) is 6.92 Å². The van der Waals surface area contributed by atoms with E-state index in [9.17, 15) is 13.2 Å². The van der Waals surface area contributed by atoms with Crippen LogP contribution in [0.4, 0.5) is 5.82 Å². The van der Waals surface area contributed by atoms with Gasteiger partial charge in [-0.15, -0.1) is 0 Å². The molecule has 1 atom stereocenters. The first kappa shape index (κ1) is 18.2. The van der Waals surface area contributed by atoms with Gasteiger partial charge in [0.1, 0.15) is 11.6 Å². The second kappa shape index (κ2) is 7.33. The molecule has 1 aliphatic heterocycles. The van der Waals surface area contributed by atoms with Gasteiger partial charge < -0.3 is 10.1 Å². The van der Waals surface area contributed by atoms with Crippen LogP contribution in [0.1, 0.15) is 23.7 Å². The number of para-hydroxylation sites is 1. The predicted molar refractivity (Wildman–Crippen MR) is 99.9 cm³/mol. The minimum atomic E-state index is -3.03. The number of carbonyl (C=O) groups is 1. The molecule has 3 rings (SSSR count). The van der Waals surface area contributed by atoms with Crippen LogP contribution in [0.2, 0.25) is 0 Å². The monoisotopic (exact) mass is 375 g/mol. The fourth-order valence-corrected chi connectivity index (χ4v) is 4.69. The zero-order valence-corrected chi connectivity index (χ0v) is 15.5. The molecule has 1 saturated heterocycles. The molecule has 138 valence electrons. The maximum absolute atomic E-state index is 12.3. The first-order chi connectivity index (χ1) is 12.4. The molecule has 1 amide bonds. The number of nitrogens with zero attached hydrogens (tertiary/aromatic N) is 2. The Morgan fingerprint density at radius 3 is 2.85 bits per heavy atom. The average Bonchev–Trinajstić information content (AvgIpc) is 3.14. The van der Waals surface area contributed by atoms with E-state index in [0.29, 0.717) is 18.0 Å². The van der Waals surface area contributed by atoms with E-state index < -0.39 is 9.84 Å². The van der Waals surface area contributed by atoms with Gasteiger partial charge in [-0.3, -0.25) is 4.79 Å². The van der Waals surface area contributed by atoms with Crippen LogP contribution in [0.25, 0.3) is 6.08 Å². The molecule has 26 heavy (non-hydrogen) atoms. The van der Waals surface area contributed by atoms with E-state index >= 15 is 0 Å². The number of amides is 1. The summed E-state index contributed by atoms with van der Waals surface area (Å²) in [5.74, 6) is 1.05. The summed E-state index contributed by atoms with van der Waals surface area (Å²) in [5.41, 5.74) is 1.51. The molecule has 0 bridgehead atoms. The molecule has 1 fully saturated rings. The Morgan fingerprint density at radius 1 is 1.38 bits per heavy atom. The lowest BCUT2D eigenvalue weighted by molar-refractivity contribution is -0.111. The third kappa shape index (κ3) is 4.13. The van der Waals surface area contributed by atoms with E-state index in [-0.39, 0.29) is 23.5 Å². The molecule has 1 aromatic carbocycles. The number of ether oxygens (including phenoxy) is 1. The number of rotatable bonds is 5. The smallest absolute Gasteiger partial charge is 0.249 e. The molecule has 8 heteroatoms. The average molecular weight is 375 g/mol. The largest absolute Gasteiger partial charge is 0.496 e. The highest BCUT2D eigenvalue weighted by Gasteiger charge is 2.31. The van der Waals surface area contributed by atoms with Crippen molar-refractivity contribution in [1.82, 2.24) is 9.78 Å². The van der Waals surface area contributed by atoms with Crippen LogP contribution < -0.4 is 10.1 Å². The van der Waals surface area contributed by atoms with E-state index in [1.165, 1.54) is 6.08 Å². The van der Waals surface area contributed by atoms with E-state index in [1.807, 2.05) is 24.3 Å². The molecule has 2 aromatic rings. The van der Waals surface area contributed by atoms with Crippen molar-refractivity contribution in [1.29, 1.82) is 0 Å². The lowest BCUT2D eigenvalue weighted by Crippen LogP contribution is -2.18. The van der Waals surface area contributed by atoms with E-state index in [1.54, 1.807) is 30.9 Å². The molecule has 0 aliphatic carbocycles. The van der Waals surface area contributed by atoms with Gasteiger partial charge in [-0.05, 0) is 25.5 Å². The van der Waals surface area contributed by atoms with Crippen LogP contribution >= 0.6 is 0 Å². The molecular weight excluding hydrogens is 354 g/mol. The Hall–Kier alpha value is -2.61. The minimum Gasteiger partial charge on any atom is -0.496 e. The van der Waals surface area contributed by atoms with Crippen molar-refractivity contribution in [3.8, 4) is 5.75 Å². The van der Waals surface area contributed by atoms with Gasteiger partial charge in [0.2, 0.25) is 5.91 Å². The zero-order valence-electron chi connectivity index (χ0n) is 14.7. The van der Waals surface area contributed by atoms with Crippen molar-refractivity contribution in [2.24, 2.45) is 0 Å². The number of methoxy groups -OCH3 is 1. The molecule has 1 aromatic heterocycles. The molecule has 1 N–H and O–H groups in total. The summed E-state index contributed by atoms with van der Waals surface area (Å²) in [6, 6.07) is 8.87. The van der Waals surface area contributed by atoms with Gasteiger partial charge in [-0.1, -0.05) is 18.2 Å². The Kier molecular flexibility index (Phi) is 5.13. The lowest BCUT2D eigenvalue weighted by atomic mass is 10.2. The summed E-state index contributed by atoms with van der Waals surface area (Å²) in [6.07, 6.45) is 3.58. The number of sulfone groups is 1. The third-order valence-electron chi connectivity index (χ3n) is 4.22. The number of hydrogen-bond donors (Lipinski definition) is 1. The second-order valence-corrected chi connectivity index (χ2v) is 8.47. The molecule has 0 saturated carbocycles. The molecule has 2 heterocycles. The molecule has 1 unspecified atom stereocenters. The molecule has 7 nitrogen and oxygen atoms in total. The standard InChI is InChI=1S/C18H21N3O4S/c1-13-11-17(21(20-13)15-9-10-26(23,24)12-15)19-18(22)8-7-14-5-3-4-6-16(14)25-2/h3-8,11,15H,9-10,12H2,1-2H3,(H,19,22)/b8-7+. The molecular formula is C18H21N3O4S. The fourth-order valence-electron chi connectivity index (χ4n) is 2.99. The normalized spacial score (nSPS) is 18.9. The van der Waals surface area contributed by atoms with E-state index in [0.717, 1.165) is 11.3 Å². The van der Waals surface area contributed by atoms with Crippen molar-refractivity contribution in [2.45, 2.75) is 19.4 Å². The van der Waals surface area contributed by atoms with Gasteiger partial charge in [-0.2, -0.15) is 5.10 Å². The van der Waals surface area contributed by atoms with Crippen LogP contribution in [0.3, 0.4) is 0 Å². The summed E-state index contributed by atoms with van der Waals surface area (Å²) in [4.78, 5) is 12.3. The first-order valence-electron chi connectivity index (χ1n) is 8.26. The molecule has 1 aliphatic rings. The van der Waals surface area contributed by atoms with Crippen molar-refractivity contribution in [3.05, 3.63) is 47.7 Å². The van der Waals surface area contributed by atoms with Crippen molar-refractivity contribution in [2.75, 3.05) is 23.9 Å². The Bertz CT molecular complexity index is 947. The summed E-state index contributed by atoms with van der Waals surface area (Å²) in [7, 11) is -1.46. The van der Waals surface area contributed by atoms with Gasteiger partial charge in [0.25, 0.3) is 0 Å². The van der Waals surface area contributed by atoms with Crippen molar-refractivity contribution >= 4 is 27.6 Å². The Morgan fingerprint density at radius 2 is 2.15 bits per heavy atom. The number of hydrogen-bond acceptors (Lipinski definition) is 5. The topological polar surface area (TPSA) is 90.3 Å². The van der Waals surface area contributed by atoms with Gasteiger partial charge in [0, 0.05) is 17.7 Å². The van der Waals surface area contributed by atoms with Crippen molar-refractivity contribution < 1.29 is 17.9 Å². The quantitative estimate of drug-likeness (QED) is 0.809. The summed E-state index contributed by atoms with van der Waals surface area (Å²) in [6.45, 7) is 1.81. The molecule has 0 radical (unpaired) electrons. The second-order valence-electron chi connectivity index (χ2n) is 6.24. The summed E-state index contributed by atoms with van der Waals surface area (Å²) < 4.78 is 30.3. The van der Waals surface area contributed by atoms with E-state index in [4.69, 9.17) is 4.74 Å². The maximum Gasteiger partial charge on any atom is 0.249 e. The fraction of sp³-hybridized carbons (Fsp3) is 0.333. The first-order valence-corrected chi connectivity index (χ1v) is 10.1. The van der Waals surface area contributed by atoms with Crippen LogP contribution in [0.5, 0.6) is 5.75 Å². The highest BCUT2D eigenvalue weighted by atomic mass is 32.2. The lowest BCUT2D eigenvalue weighted by Gasteiger charge is -2.13. The van der Waals surface area contributed by atoms with Crippen LogP contribution in [0.15, 0.2) is 36.4 Å². The van der Waals surface area contributed by atoms with Crippen molar-refractivity contribution in [3.63, 3.8) is 0 Å². The number of nitrogens with one attached hydrogen (secondary N) is 1. The van der Waals surface area contributed by atoms with Gasteiger partial charge in [0.05, 0.1) is 30.4 Å². The van der Waals surface area contributed by atoms with Gasteiger partial charge in [-0.25, -0.2) is 13.1 Å². The number of aryl methyl sites for hydroxylation is 1. The van der Waals surface area contributed by atoms with Crippen LogP contribution in [-0.2, 0) is 14.6 Å². The number of carbonyl (C=O) groups excluding carboxylic acids is 1. The summed E-state index contributed by atoms with van der Waals surface area (Å²) in [5, 5.41) is 7.13. The highest BCUT2D eigenvalue weighted by molar-refractivity contribution is 7.91. The SMILES string of the molecule is COc1ccccc1/C=C/C(=O)Nc1cc(C)nn1C1CCS(=O)(=O)C1. The molecule has 0 spiro atoms. The number of aromatic nitrogens is 2. The Labute approximate surface area is 152 Å². The summed E-state index contributed by atoms with van der Waals surface area (Å²) >= 11 is 0. The maximum atomic E-state index is 12.3. The van der Waals surface area contributed by atoms with Crippen LogP contribution in [-0.4, -0.2) is 42.7 Å². The van der Waals surface area contributed by atoms with E-state index in [2.05, 4.69) is 10.4 Å².